The van der Waals surface area contributed by atoms with E-state index >= 15 is 0 Å². The normalized spacial score (nSPS) is 22.5. The van der Waals surface area contributed by atoms with Gasteiger partial charge in [-0.15, -0.1) is 5.10 Å². The quantitative estimate of drug-likeness (QED) is 0.924. The summed E-state index contributed by atoms with van der Waals surface area (Å²) in [5.74, 6) is -0.138. The molecule has 0 saturated carbocycles. The molecular formula is C16H17N3O2S. The molecule has 0 unspecified atom stereocenters. The van der Waals surface area contributed by atoms with Crippen LogP contribution in [0.4, 0.5) is 0 Å². The van der Waals surface area contributed by atoms with Gasteiger partial charge < -0.3 is 10.1 Å². The lowest BCUT2D eigenvalue weighted by molar-refractivity contribution is 0.000512. The minimum absolute atomic E-state index is 0.0294. The van der Waals surface area contributed by atoms with Crippen molar-refractivity contribution in [3.63, 3.8) is 0 Å². The molecule has 2 heterocycles. The first-order valence-electron chi connectivity index (χ1n) is 7.52. The van der Waals surface area contributed by atoms with Gasteiger partial charge in [0.25, 0.3) is 5.91 Å². The zero-order valence-corrected chi connectivity index (χ0v) is 12.9. The van der Waals surface area contributed by atoms with Crippen LogP contribution in [-0.2, 0) is 11.2 Å². The molecule has 1 saturated heterocycles. The Morgan fingerprint density at radius 3 is 2.91 bits per heavy atom. The van der Waals surface area contributed by atoms with Crippen molar-refractivity contribution in [3.05, 3.63) is 46.5 Å². The van der Waals surface area contributed by atoms with E-state index in [0.717, 1.165) is 32.5 Å². The third-order valence-electron chi connectivity index (χ3n) is 4.88. The molecule has 1 aromatic heterocycles. The van der Waals surface area contributed by atoms with E-state index in [4.69, 9.17) is 4.74 Å². The Balaban J connectivity index is 1.67. The molecular weight excluding hydrogens is 298 g/mol. The molecule has 1 amide bonds. The predicted octanol–water partition coefficient (Wildman–Crippen LogP) is 2.36. The van der Waals surface area contributed by atoms with Gasteiger partial charge in [0.2, 0.25) is 0 Å². The molecule has 1 aromatic carbocycles. The van der Waals surface area contributed by atoms with Crippen LogP contribution in [-0.4, -0.2) is 28.7 Å². The largest absolute Gasteiger partial charge is 0.381 e. The van der Waals surface area contributed by atoms with Crippen LogP contribution in [0.25, 0.3) is 0 Å². The van der Waals surface area contributed by atoms with Crippen LogP contribution < -0.4 is 5.32 Å². The number of benzene rings is 1. The number of nitrogens with one attached hydrogen (secondary N) is 1. The van der Waals surface area contributed by atoms with Crippen molar-refractivity contribution in [1.82, 2.24) is 14.9 Å². The van der Waals surface area contributed by atoms with E-state index in [-0.39, 0.29) is 17.4 Å². The van der Waals surface area contributed by atoms with Gasteiger partial charge in [-0.1, -0.05) is 28.8 Å². The van der Waals surface area contributed by atoms with E-state index in [2.05, 4.69) is 33.1 Å². The molecule has 1 atom stereocenters. The lowest BCUT2D eigenvalue weighted by Gasteiger charge is -2.39. The van der Waals surface area contributed by atoms with Crippen LogP contribution in [0, 0.1) is 5.41 Å². The Kier molecular flexibility index (Phi) is 3.43. The van der Waals surface area contributed by atoms with E-state index in [1.807, 2.05) is 6.07 Å². The summed E-state index contributed by atoms with van der Waals surface area (Å²) in [6, 6.07) is 8.44. The first-order chi connectivity index (χ1) is 10.8. The first kappa shape index (κ1) is 13.8. The van der Waals surface area contributed by atoms with E-state index in [1.165, 1.54) is 22.7 Å². The van der Waals surface area contributed by atoms with Crippen LogP contribution in [0.5, 0.6) is 0 Å². The standard InChI is InChI=1S/C16H17N3O2S/c20-15(13-10-22-19-18-13)17-14-12-4-2-1-3-11(12)9-16(14)5-7-21-8-6-16/h1-4,10,14H,5-9H2,(H,17,20)/t14-/m0/s1. The van der Waals surface area contributed by atoms with Gasteiger partial charge in [-0.05, 0) is 41.9 Å². The molecule has 1 spiro atoms. The van der Waals surface area contributed by atoms with Crippen LogP contribution in [0.3, 0.4) is 0 Å². The second kappa shape index (κ2) is 5.44. The highest BCUT2D eigenvalue weighted by atomic mass is 32.1. The molecule has 5 nitrogen and oxygen atoms in total. The number of amides is 1. The van der Waals surface area contributed by atoms with Crippen molar-refractivity contribution in [1.29, 1.82) is 0 Å². The van der Waals surface area contributed by atoms with Gasteiger partial charge in [-0.25, -0.2) is 0 Å². The average molecular weight is 315 g/mol. The number of aromatic nitrogens is 2. The third-order valence-corrected chi connectivity index (χ3v) is 5.38. The molecule has 2 aromatic rings. The maximum atomic E-state index is 12.5. The van der Waals surface area contributed by atoms with Crippen LogP contribution in [0.1, 0.15) is 40.5 Å². The van der Waals surface area contributed by atoms with Crippen LogP contribution in [0.2, 0.25) is 0 Å². The summed E-state index contributed by atoms with van der Waals surface area (Å²) < 4.78 is 9.32. The van der Waals surface area contributed by atoms with Crippen molar-refractivity contribution in [2.75, 3.05) is 13.2 Å². The van der Waals surface area contributed by atoms with Gasteiger partial charge in [-0.2, -0.15) is 0 Å². The molecule has 2 aliphatic rings. The summed E-state index contributed by atoms with van der Waals surface area (Å²) in [6.07, 6.45) is 2.96. The Hall–Kier alpha value is -1.79. The number of hydrogen-bond acceptors (Lipinski definition) is 5. The van der Waals surface area contributed by atoms with Crippen molar-refractivity contribution in [2.45, 2.75) is 25.3 Å². The number of fused-ring (bicyclic) bond motifs is 1. The number of nitrogens with zero attached hydrogens (tertiary/aromatic N) is 2. The fraction of sp³-hybridized carbons (Fsp3) is 0.438. The Morgan fingerprint density at radius 2 is 2.14 bits per heavy atom. The minimum Gasteiger partial charge on any atom is -0.381 e. The van der Waals surface area contributed by atoms with Crippen molar-refractivity contribution in [2.24, 2.45) is 5.41 Å². The zero-order valence-electron chi connectivity index (χ0n) is 12.1. The van der Waals surface area contributed by atoms with Gasteiger partial charge in [0.05, 0.1) is 6.04 Å². The number of carbonyl (C=O) groups is 1. The average Bonchev–Trinajstić information content (AvgIpc) is 3.16. The molecule has 0 bridgehead atoms. The number of carbonyl (C=O) groups excluding carboxylic acids is 1. The number of hydrogen-bond donors (Lipinski definition) is 1. The molecule has 1 aliphatic heterocycles. The molecule has 6 heteroatoms. The lowest BCUT2D eigenvalue weighted by atomic mass is 9.74. The topological polar surface area (TPSA) is 64.1 Å². The fourth-order valence-electron chi connectivity index (χ4n) is 3.73. The van der Waals surface area contributed by atoms with E-state index in [9.17, 15) is 4.79 Å². The predicted molar refractivity (Wildman–Crippen MR) is 82.7 cm³/mol. The van der Waals surface area contributed by atoms with Gasteiger partial charge in [0.1, 0.15) is 0 Å². The SMILES string of the molecule is O=C(N[C@H]1c2ccccc2CC12CCOCC2)c1csnn1. The highest BCUT2D eigenvalue weighted by molar-refractivity contribution is 7.03. The molecule has 1 aliphatic carbocycles. The first-order valence-corrected chi connectivity index (χ1v) is 8.36. The summed E-state index contributed by atoms with van der Waals surface area (Å²) in [4.78, 5) is 12.5. The molecule has 1 N–H and O–H groups in total. The smallest absolute Gasteiger partial charge is 0.273 e. The van der Waals surface area contributed by atoms with Gasteiger partial charge in [0, 0.05) is 24.0 Å². The molecule has 1 fully saturated rings. The fourth-order valence-corrected chi connectivity index (χ4v) is 4.17. The van der Waals surface area contributed by atoms with Gasteiger partial charge in [-0.3, -0.25) is 4.79 Å². The van der Waals surface area contributed by atoms with E-state index < -0.39 is 0 Å². The van der Waals surface area contributed by atoms with Crippen molar-refractivity contribution in [3.8, 4) is 0 Å². The number of rotatable bonds is 2. The summed E-state index contributed by atoms with van der Waals surface area (Å²) in [6.45, 7) is 1.53. The monoisotopic (exact) mass is 315 g/mol. The molecule has 4 rings (SSSR count). The lowest BCUT2D eigenvalue weighted by Crippen LogP contribution is -2.42. The molecule has 114 valence electrons. The minimum atomic E-state index is -0.138. The Labute approximate surface area is 132 Å². The second-order valence-corrected chi connectivity index (χ2v) is 6.66. The maximum Gasteiger partial charge on any atom is 0.273 e. The van der Waals surface area contributed by atoms with Crippen LogP contribution in [0.15, 0.2) is 29.6 Å². The molecule has 22 heavy (non-hydrogen) atoms. The maximum absolute atomic E-state index is 12.5. The van der Waals surface area contributed by atoms with Crippen molar-refractivity contribution < 1.29 is 9.53 Å². The van der Waals surface area contributed by atoms with E-state index in [0.29, 0.717) is 5.69 Å². The third kappa shape index (κ3) is 2.23. The highest BCUT2D eigenvalue weighted by Crippen LogP contribution is 2.51. The zero-order chi connectivity index (χ0) is 15.0. The van der Waals surface area contributed by atoms with E-state index in [1.54, 1.807) is 5.38 Å². The Bertz CT molecular complexity index is 680. The highest BCUT2D eigenvalue weighted by Gasteiger charge is 2.47. The molecule has 0 radical (unpaired) electrons. The summed E-state index contributed by atoms with van der Waals surface area (Å²) in [5.41, 5.74) is 3.05. The van der Waals surface area contributed by atoms with Crippen molar-refractivity contribution >= 4 is 17.4 Å². The summed E-state index contributed by atoms with van der Waals surface area (Å²) >= 11 is 1.20. The Morgan fingerprint density at radius 1 is 1.32 bits per heavy atom. The summed E-state index contributed by atoms with van der Waals surface area (Å²) in [5, 5.41) is 8.77. The van der Waals surface area contributed by atoms with Crippen LogP contribution >= 0.6 is 11.5 Å². The summed E-state index contributed by atoms with van der Waals surface area (Å²) in [7, 11) is 0. The number of ether oxygens (including phenoxy) is 1. The van der Waals surface area contributed by atoms with Gasteiger partial charge in [0.15, 0.2) is 5.69 Å². The second-order valence-electron chi connectivity index (χ2n) is 6.05. The van der Waals surface area contributed by atoms with Gasteiger partial charge >= 0.3 is 0 Å².